The average molecular weight is 1940 g/mol. The van der Waals surface area contributed by atoms with Gasteiger partial charge in [-0.2, -0.15) is 4.42 Å². The molecule has 8 heterocycles. The van der Waals surface area contributed by atoms with Crippen molar-refractivity contribution in [2.24, 2.45) is 21.4 Å². The van der Waals surface area contributed by atoms with Crippen molar-refractivity contribution in [2.45, 2.75) is 158 Å². The number of terminal acetylenes is 1. The fourth-order valence-electron chi connectivity index (χ4n) is 12.1. The van der Waals surface area contributed by atoms with E-state index < -0.39 is 36.8 Å². The van der Waals surface area contributed by atoms with Crippen LogP contribution in [0, 0.1) is 19.0 Å². The molecule has 1 saturated heterocycles. The monoisotopic (exact) mass is 1940 g/mol. The number of para-hydroxylation sites is 5. The molecule has 0 aliphatic carbocycles. The van der Waals surface area contributed by atoms with Crippen LogP contribution in [0.2, 0.25) is 26.6 Å². The number of benzene rings is 5. The number of aromatic nitrogens is 7. The number of nitroso groups, excluding NO2 is 1. The van der Waals surface area contributed by atoms with Crippen molar-refractivity contribution >= 4 is 183 Å². The number of hydrogen-bond acceptors (Lipinski definition) is 20. The van der Waals surface area contributed by atoms with Crippen LogP contribution in [-0.4, -0.2) is 141 Å². The van der Waals surface area contributed by atoms with Gasteiger partial charge in [-0.1, -0.05) is 99.9 Å². The van der Waals surface area contributed by atoms with Crippen LogP contribution >= 0.6 is 58.4 Å². The molecule has 0 atom stereocenters. The number of unbranched alkanes of at least 4 members (excludes halogenated alkanes) is 6. The number of oxime groups is 2. The third-order valence-corrected chi connectivity index (χ3v) is 47.1. The summed E-state index contributed by atoms with van der Waals surface area (Å²) in [4.78, 5) is 60.9. The van der Waals surface area contributed by atoms with Crippen molar-refractivity contribution in [3.05, 3.63) is 220 Å². The molecule has 1 fully saturated rings. The molecule has 0 spiro atoms. The van der Waals surface area contributed by atoms with Crippen molar-refractivity contribution in [1.82, 2.24) is 39.7 Å². The third-order valence-electron chi connectivity index (χ3n) is 18.1. The summed E-state index contributed by atoms with van der Waals surface area (Å²) in [5.41, 5.74) is 10.6. The van der Waals surface area contributed by atoms with Gasteiger partial charge in [-0.05, 0) is 48.5 Å². The van der Waals surface area contributed by atoms with E-state index in [2.05, 4.69) is 156 Å². The Morgan fingerprint density at radius 3 is 1.23 bits per heavy atom. The Balaban J connectivity index is 0.000000348. The Kier molecular flexibility index (Phi) is 50.2. The fourth-order valence-corrected chi connectivity index (χ4v) is 40.0. The maximum absolute atomic E-state index is 10.4. The van der Waals surface area contributed by atoms with Gasteiger partial charge >= 0.3 is 276 Å². The molecule has 1 aliphatic rings. The molecule has 0 radical (unpaired) electrons. The first-order valence-electron chi connectivity index (χ1n) is 37.8. The maximum Gasteiger partial charge on any atom is 0.244 e. The van der Waals surface area contributed by atoms with Gasteiger partial charge in [0.15, 0.2) is 15.2 Å². The summed E-state index contributed by atoms with van der Waals surface area (Å²) in [5, 5.41) is 52.2. The smallest absolute Gasteiger partial charge is 0.244 e. The van der Waals surface area contributed by atoms with E-state index in [0.717, 1.165) is 107 Å². The SMILES string of the molecule is C#[C][Sn]([CH2]CCC)([CH2]CCC)[CH2]CCC.CCC[CH2][Sn]([CH2]CCC)([CH2]CCC)[c]1cc(-c2cnc3ccccc3c2)no1.CO.CO.Cl.Ic1cc(-c2cnc3ccccc3c2)no1.NN=O.O/N=C(\Cl)c1cnc2ccccc2c1.O/N=C/c1cnc2ccccc2c1.O=C1CCC(=O)N1Cl.O=Cc1cnc2ccccc2c1. The molecular formula is C86H106Cl3IN12O10Sn2. The van der Waals surface area contributed by atoms with Gasteiger partial charge in [-0.25, -0.2) is 0 Å². The van der Waals surface area contributed by atoms with E-state index >= 15 is 0 Å². The summed E-state index contributed by atoms with van der Waals surface area (Å²) >= 11 is 8.25. The Labute approximate surface area is 707 Å². The number of nitrogens with zero attached hydrogens (tertiary/aromatic N) is 11. The Morgan fingerprint density at radius 1 is 0.535 bits per heavy atom. The summed E-state index contributed by atoms with van der Waals surface area (Å²) in [6, 6.07) is 53.4. The molecule has 6 N–H and O–H groups in total. The molecule has 5 aromatic carbocycles. The molecule has 0 unspecified atom stereocenters. The van der Waals surface area contributed by atoms with Crippen molar-refractivity contribution in [3.63, 3.8) is 0 Å². The summed E-state index contributed by atoms with van der Waals surface area (Å²) in [6.45, 7) is 13.8. The molecule has 0 bridgehead atoms. The first-order valence-corrected chi connectivity index (χ1v) is 54.6. The van der Waals surface area contributed by atoms with Crippen LogP contribution in [0.5, 0.6) is 0 Å². The zero-order chi connectivity index (χ0) is 82.7. The minimum Gasteiger partial charge on any atom is -0.411 e. The molecule has 1 aliphatic heterocycles. The number of carbonyl (C=O) groups excluding carboxylic acids is 3. The van der Waals surface area contributed by atoms with Crippen molar-refractivity contribution in [1.29, 1.82) is 0 Å². The van der Waals surface area contributed by atoms with Gasteiger partial charge in [-0.3, -0.25) is 40.2 Å². The topological polar surface area (TPSA) is 332 Å². The van der Waals surface area contributed by atoms with E-state index in [-0.39, 0.29) is 42.2 Å². The van der Waals surface area contributed by atoms with Gasteiger partial charge in [0.1, 0.15) is 5.69 Å². The second kappa shape index (κ2) is 57.4. The Morgan fingerprint density at radius 2 is 0.877 bits per heavy atom. The van der Waals surface area contributed by atoms with E-state index in [1.54, 1.807) is 23.9 Å². The van der Waals surface area contributed by atoms with E-state index in [0.29, 0.717) is 15.5 Å². The molecule has 28 heteroatoms. The average Bonchev–Trinajstić information content (AvgIpc) is 1.66. The molecule has 114 heavy (non-hydrogen) atoms. The predicted molar refractivity (Wildman–Crippen MR) is 480 cm³/mol. The van der Waals surface area contributed by atoms with Crippen LogP contribution in [0.3, 0.4) is 0 Å². The quantitative estimate of drug-likeness (QED) is 0.00321. The number of carbonyl (C=O) groups is 3. The van der Waals surface area contributed by atoms with Crippen molar-refractivity contribution < 1.29 is 44.1 Å². The summed E-state index contributed by atoms with van der Waals surface area (Å²) in [6.07, 6.45) is 33.0. The second-order valence-corrected chi connectivity index (χ2v) is 53.2. The minimum atomic E-state index is -2.56. The number of imide groups is 1. The van der Waals surface area contributed by atoms with Gasteiger partial charge in [0.05, 0.1) is 28.3 Å². The van der Waals surface area contributed by atoms with Crippen molar-refractivity contribution in [3.8, 4) is 32.9 Å². The first-order chi connectivity index (χ1) is 55.0. The molecule has 13 rings (SSSR count). The van der Waals surface area contributed by atoms with Gasteiger partial charge < -0.3 is 25.2 Å². The van der Waals surface area contributed by atoms with E-state index in [1.165, 1.54) is 114 Å². The summed E-state index contributed by atoms with van der Waals surface area (Å²) in [7, 11) is 2.00. The van der Waals surface area contributed by atoms with E-state index in [4.69, 9.17) is 64.4 Å². The number of aldehydes is 1. The second-order valence-electron chi connectivity index (χ2n) is 26.0. The number of fused-ring (bicyclic) bond motifs is 5. The number of rotatable bonds is 24. The number of aliphatic hydroxyl groups is 2. The molecule has 2 amide bonds. The fraction of sp³-hybridized carbons (Fsp3) is 0.326. The number of amides is 2. The zero-order valence-electron chi connectivity index (χ0n) is 66.1. The van der Waals surface area contributed by atoms with Gasteiger partial charge in [0.2, 0.25) is 11.8 Å². The first kappa shape index (κ1) is 99.6. The van der Waals surface area contributed by atoms with Gasteiger partial charge in [0, 0.05) is 141 Å². The number of aliphatic hydroxyl groups excluding tert-OH is 2. The molecule has 12 aromatic rings. The normalized spacial score (nSPS) is 11.4. The predicted octanol–water partition coefficient (Wildman–Crippen LogP) is 21.7. The zero-order valence-corrected chi connectivity index (χ0v) is 76.3. The summed E-state index contributed by atoms with van der Waals surface area (Å²) < 4.78 is 25.7. The molecule has 606 valence electrons. The molecule has 7 aromatic heterocycles. The largest absolute Gasteiger partial charge is 0.411 e. The van der Waals surface area contributed by atoms with Gasteiger partial charge in [-0.15, -0.1) is 17.3 Å². The standard InChI is InChI=1S/C12H7IN2O.C12H7N2O.C10H7ClN2O.C10H8N2O.C10H7NO.C4H4ClNO2.6C4H9.C2H.2CH4O.ClH.H2N2O.2Sn/c13-12-6-11(15-16-12)9-5-8-3-1-2-4-10(8)14-7-9;1-2-4-11-9(3-1)7-10(8-13-11)12-5-6-15-14-12;11-10(13-14)8-5-7-3-1-2-4-9(7)12-6-8;13-12-7-8-5-9-3-1-2-4-10(9)11-6-8;12-7-8-5-9-3-1-2-4-10(9)11-6-8;5-6-3(7)1-2-4(6)8;6*1-3-4-2;3*1-2;;1-2-3;;/h1-7H;1-5,7-8H;1-6,14H;1-7,13H;1-7H;1-2H2;6*1,3-4H2,2H3;1H;2*2H,1H3;1H;(H2,1,3);;/b;;13-10-;12-7+;;;;;;;;;;;;;;;. The van der Waals surface area contributed by atoms with Crippen LogP contribution < -0.4 is 9.62 Å². The summed E-state index contributed by atoms with van der Waals surface area (Å²) in [5.74, 6) is 3.33. The van der Waals surface area contributed by atoms with Crippen molar-refractivity contribution in [2.75, 3.05) is 14.2 Å². The van der Waals surface area contributed by atoms with Crippen LogP contribution in [0.4, 0.5) is 0 Å². The number of nitrogens with two attached hydrogens (primary N) is 1. The number of pyridine rings is 5. The Bertz CT molecular complexity index is 4860. The van der Waals surface area contributed by atoms with Crippen LogP contribution in [0.15, 0.2) is 219 Å². The molecule has 0 saturated carbocycles. The number of halogens is 4. The van der Waals surface area contributed by atoms with E-state index in [9.17, 15) is 14.4 Å². The van der Waals surface area contributed by atoms with Crippen LogP contribution in [0.25, 0.3) is 77.0 Å². The maximum atomic E-state index is 10.4. The molecular weight excluding hydrogens is 1830 g/mol. The van der Waals surface area contributed by atoms with Gasteiger partial charge in [0.25, 0.3) is 0 Å². The van der Waals surface area contributed by atoms with Crippen LogP contribution in [0.1, 0.15) is 153 Å². The number of hydrogen-bond donors (Lipinski definition) is 5. The molecule has 22 nitrogen and oxygen atoms in total. The Hall–Kier alpha value is -8.60. The van der Waals surface area contributed by atoms with Crippen LogP contribution in [-0.2, 0) is 9.59 Å². The van der Waals surface area contributed by atoms with E-state index in [1.807, 2.05) is 140 Å². The third kappa shape index (κ3) is 33.3. The minimum absolute atomic E-state index is 0.